The largest absolute Gasteiger partial charge is 0.382 e. The number of piperidine rings is 1. The topological polar surface area (TPSA) is 98.3 Å². The predicted octanol–water partition coefficient (Wildman–Crippen LogP) is 3.14. The highest BCUT2D eigenvalue weighted by Crippen LogP contribution is 2.41. The Hall–Kier alpha value is -1.97. The Morgan fingerprint density at radius 3 is 2.77 bits per heavy atom. The number of halogens is 1. The van der Waals surface area contributed by atoms with Crippen LogP contribution >= 0.6 is 23.4 Å². The molecule has 0 aromatic carbocycles. The minimum Gasteiger partial charge on any atom is -0.382 e. The monoisotopic (exact) mass is 462 g/mol. The molecule has 8 nitrogen and oxygen atoms in total. The highest BCUT2D eigenvalue weighted by Gasteiger charge is 2.38. The van der Waals surface area contributed by atoms with E-state index in [1.54, 1.807) is 23.9 Å². The maximum Gasteiger partial charge on any atom is 0.270 e. The SMILES string of the molecule is Cn1c(N2CCC3(CCOC3)CC2)nc(N)c(Sc2ccnc(NC3CC3)c2Cl)c1=O. The number of ether oxygens (including phenoxy) is 1. The van der Waals surface area contributed by atoms with E-state index < -0.39 is 0 Å². The molecule has 0 radical (unpaired) electrons. The molecule has 3 fully saturated rings. The average Bonchev–Trinajstić information content (AvgIpc) is 3.48. The van der Waals surface area contributed by atoms with Gasteiger partial charge in [0, 0.05) is 43.9 Å². The molecule has 1 aliphatic carbocycles. The van der Waals surface area contributed by atoms with Crippen LogP contribution in [0, 0.1) is 5.41 Å². The van der Waals surface area contributed by atoms with Gasteiger partial charge in [-0.05, 0) is 43.6 Å². The number of hydrogen-bond donors (Lipinski definition) is 2. The molecule has 166 valence electrons. The lowest BCUT2D eigenvalue weighted by Gasteiger charge is -2.39. The molecule has 2 aromatic heterocycles. The third-order valence-corrected chi connectivity index (χ3v) is 8.17. The zero-order valence-corrected chi connectivity index (χ0v) is 19.1. The average molecular weight is 463 g/mol. The normalized spacial score (nSPS) is 20.4. The Morgan fingerprint density at radius 1 is 1.32 bits per heavy atom. The summed E-state index contributed by atoms with van der Waals surface area (Å²) in [7, 11) is 1.76. The van der Waals surface area contributed by atoms with E-state index in [0.29, 0.717) is 33.1 Å². The third-order valence-electron chi connectivity index (χ3n) is 6.53. The fourth-order valence-corrected chi connectivity index (χ4v) is 5.52. The predicted molar refractivity (Wildman–Crippen MR) is 123 cm³/mol. The van der Waals surface area contributed by atoms with Crippen LogP contribution in [0.3, 0.4) is 0 Å². The molecule has 1 saturated carbocycles. The molecule has 5 rings (SSSR count). The van der Waals surface area contributed by atoms with Gasteiger partial charge in [-0.2, -0.15) is 4.98 Å². The summed E-state index contributed by atoms with van der Waals surface area (Å²) in [5, 5.41) is 3.83. The Labute approximate surface area is 190 Å². The number of rotatable bonds is 5. The number of nitrogens with two attached hydrogens (primary N) is 1. The lowest BCUT2D eigenvalue weighted by atomic mass is 9.78. The maximum absolute atomic E-state index is 13.2. The van der Waals surface area contributed by atoms with Crippen LogP contribution in [-0.4, -0.2) is 46.9 Å². The minimum atomic E-state index is -0.165. The summed E-state index contributed by atoms with van der Waals surface area (Å²) in [6.45, 7) is 3.39. The van der Waals surface area contributed by atoms with Crippen LogP contribution < -0.4 is 21.5 Å². The van der Waals surface area contributed by atoms with Crippen LogP contribution in [0.1, 0.15) is 32.1 Å². The summed E-state index contributed by atoms with van der Waals surface area (Å²) < 4.78 is 7.22. The van der Waals surface area contributed by atoms with Gasteiger partial charge >= 0.3 is 0 Å². The lowest BCUT2D eigenvalue weighted by Crippen LogP contribution is -2.43. The van der Waals surface area contributed by atoms with E-state index in [-0.39, 0.29) is 11.4 Å². The van der Waals surface area contributed by atoms with E-state index in [1.165, 1.54) is 11.8 Å². The van der Waals surface area contributed by atoms with Crippen molar-refractivity contribution in [3.63, 3.8) is 0 Å². The number of anilines is 3. The van der Waals surface area contributed by atoms with Gasteiger partial charge in [0.15, 0.2) is 0 Å². The Bertz CT molecular complexity index is 1040. The standard InChI is InChI=1S/C21H27ClN6O2S/c1-27-19(29)16(31-14-4-8-24-18(15(14)22)25-13-2-3-13)17(23)26-20(27)28-9-5-21(6-10-28)7-11-30-12-21/h4,8,13H,2-3,5-7,9-12,23H2,1H3,(H,24,25). The van der Waals surface area contributed by atoms with Crippen molar-refractivity contribution in [2.24, 2.45) is 12.5 Å². The molecule has 10 heteroatoms. The van der Waals surface area contributed by atoms with Crippen molar-refractivity contribution in [3.8, 4) is 0 Å². The summed E-state index contributed by atoms with van der Waals surface area (Å²) in [4.78, 5) is 25.4. The Morgan fingerprint density at radius 2 is 2.10 bits per heavy atom. The molecule has 2 aliphatic heterocycles. The molecule has 0 unspecified atom stereocenters. The summed E-state index contributed by atoms with van der Waals surface area (Å²) >= 11 is 7.80. The van der Waals surface area contributed by atoms with Crippen molar-refractivity contribution >= 4 is 40.9 Å². The summed E-state index contributed by atoms with van der Waals surface area (Å²) in [6, 6.07) is 2.23. The molecule has 0 atom stereocenters. The Balaban J connectivity index is 1.38. The van der Waals surface area contributed by atoms with Crippen molar-refractivity contribution in [1.82, 2.24) is 14.5 Å². The van der Waals surface area contributed by atoms with Crippen LogP contribution in [0.5, 0.6) is 0 Å². The molecule has 3 N–H and O–H groups in total. The molecule has 2 saturated heterocycles. The van der Waals surface area contributed by atoms with Gasteiger partial charge in [-0.3, -0.25) is 9.36 Å². The summed E-state index contributed by atoms with van der Waals surface area (Å²) in [5.74, 6) is 1.50. The van der Waals surface area contributed by atoms with Gasteiger partial charge in [0.25, 0.3) is 5.56 Å². The minimum absolute atomic E-state index is 0.165. The van der Waals surface area contributed by atoms with E-state index >= 15 is 0 Å². The van der Waals surface area contributed by atoms with Gasteiger partial charge in [0.1, 0.15) is 16.5 Å². The molecule has 31 heavy (non-hydrogen) atoms. The van der Waals surface area contributed by atoms with Crippen LogP contribution in [0.15, 0.2) is 26.8 Å². The number of nitrogen functional groups attached to an aromatic ring is 1. The molecule has 0 bridgehead atoms. The van der Waals surface area contributed by atoms with E-state index in [2.05, 4.69) is 20.2 Å². The smallest absolute Gasteiger partial charge is 0.270 e. The second kappa shape index (κ2) is 8.18. The zero-order valence-electron chi connectivity index (χ0n) is 17.6. The van der Waals surface area contributed by atoms with Crippen molar-refractivity contribution in [2.45, 2.75) is 47.9 Å². The van der Waals surface area contributed by atoms with Gasteiger partial charge < -0.3 is 20.7 Å². The van der Waals surface area contributed by atoms with Gasteiger partial charge in [0.2, 0.25) is 5.95 Å². The highest BCUT2D eigenvalue weighted by molar-refractivity contribution is 7.99. The molecular formula is C21H27ClN6O2S. The highest BCUT2D eigenvalue weighted by atomic mass is 35.5. The zero-order chi connectivity index (χ0) is 21.6. The fraction of sp³-hybridized carbons (Fsp3) is 0.571. The number of hydrogen-bond acceptors (Lipinski definition) is 8. The van der Waals surface area contributed by atoms with Crippen molar-refractivity contribution < 1.29 is 4.74 Å². The first-order chi connectivity index (χ1) is 15.0. The maximum atomic E-state index is 13.2. The number of aromatic nitrogens is 3. The molecule has 0 amide bonds. The second-order valence-corrected chi connectivity index (χ2v) is 10.2. The van der Waals surface area contributed by atoms with Gasteiger partial charge in [-0.1, -0.05) is 23.4 Å². The molecule has 4 heterocycles. The van der Waals surface area contributed by atoms with Crippen LogP contribution in [0.25, 0.3) is 0 Å². The number of nitrogens with zero attached hydrogens (tertiary/aromatic N) is 4. The Kier molecular flexibility index (Phi) is 5.52. The van der Waals surface area contributed by atoms with Gasteiger partial charge in [-0.15, -0.1) is 0 Å². The van der Waals surface area contributed by atoms with E-state index in [1.807, 2.05) is 0 Å². The quantitative estimate of drug-likeness (QED) is 0.699. The molecular weight excluding hydrogens is 436 g/mol. The first kappa shape index (κ1) is 20.9. The van der Waals surface area contributed by atoms with Crippen molar-refractivity contribution in [3.05, 3.63) is 27.6 Å². The molecule has 2 aromatic rings. The van der Waals surface area contributed by atoms with Crippen molar-refractivity contribution in [1.29, 1.82) is 0 Å². The van der Waals surface area contributed by atoms with Gasteiger partial charge in [-0.25, -0.2) is 4.98 Å². The molecule has 3 aliphatic rings. The number of nitrogens with one attached hydrogen (secondary N) is 1. The van der Waals surface area contributed by atoms with Gasteiger partial charge in [0.05, 0.1) is 11.6 Å². The first-order valence-electron chi connectivity index (χ1n) is 10.7. The lowest BCUT2D eigenvalue weighted by molar-refractivity contribution is 0.133. The molecule has 1 spiro atoms. The van der Waals surface area contributed by atoms with E-state index in [4.69, 9.17) is 22.1 Å². The van der Waals surface area contributed by atoms with E-state index in [9.17, 15) is 4.79 Å². The fourth-order valence-electron chi connectivity index (χ4n) is 4.33. The van der Waals surface area contributed by atoms with Crippen LogP contribution in [0.4, 0.5) is 17.6 Å². The van der Waals surface area contributed by atoms with Crippen LogP contribution in [-0.2, 0) is 11.8 Å². The first-order valence-corrected chi connectivity index (χ1v) is 11.9. The second-order valence-electron chi connectivity index (χ2n) is 8.77. The third kappa shape index (κ3) is 4.10. The number of pyridine rings is 1. The van der Waals surface area contributed by atoms with Crippen molar-refractivity contribution in [2.75, 3.05) is 42.3 Å². The summed E-state index contributed by atoms with van der Waals surface area (Å²) in [5.41, 5.74) is 6.40. The summed E-state index contributed by atoms with van der Waals surface area (Å²) in [6.07, 6.45) is 7.15. The van der Waals surface area contributed by atoms with Crippen LogP contribution in [0.2, 0.25) is 5.02 Å². The van der Waals surface area contributed by atoms with E-state index in [0.717, 1.165) is 63.3 Å².